The summed E-state index contributed by atoms with van der Waals surface area (Å²) in [6.45, 7) is 7.18. The van der Waals surface area contributed by atoms with Gasteiger partial charge in [-0.2, -0.15) is 5.26 Å². The molecule has 1 aromatic carbocycles. The Kier molecular flexibility index (Phi) is 7.06. The molecule has 1 unspecified atom stereocenters. The van der Waals surface area contributed by atoms with E-state index in [9.17, 15) is 0 Å². The zero-order valence-corrected chi connectivity index (χ0v) is 12.9. The van der Waals surface area contributed by atoms with Crippen LogP contribution in [0.3, 0.4) is 0 Å². The van der Waals surface area contributed by atoms with Crippen LogP contribution in [0.15, 0.2) is 18.2 Å². The fourth-order valence-electron chi connectivity index (χ4n) is 1.97. The monoisotopic (exact) mass is 275 g/mol. The normalized spacial score (nSPS) is 12.2. The van der Waals surface area contributed by atoms with Crippen LogP contribution in [0.25, 0.3) is 0 Å². The van der Waals surface area contributed by atoms with Crippen LogP contribution in [0.5, 0.6) is 5.75 Å². The van der Waals surface area contributed by atoms with Crippen LogP contribution in [0, 0.1) is 11.3 Å². The Morgan fingerprint density at radius 2 is 2.20 bits per heavy atom. The molecule has 0 saturated heterocycles. The van der Waals surface area contributed by atoms with E-state index in [0.717, 1.165) is 25.2 Å². The first-order valence-electron chi connectivity index (χ1n) is 7.10. The third-order valence-electron chi connectivity index (χ3n) is 3.70. The predicted octanol–water partition coefficient (Wildman–Crippen LogP) is 2.39. The number of methoxy groups -OCH3 is 1. The third kappa shape index (κ3) is 4.84. The fourth-order valence-corrected chi connectivity index (χ4v) is 1.97. The summed E-state index contributed by atoms with van der Waals surface area (Å²) < 4.78 is 5.14. The van der Waals surface area contributed by atoms with Crippen LogP contribution in [-0.4, -0.2) is 38.2 Å². The zero-order chi connectivity index (χ0) is 15.0. The number of nitriles is 1. The van der Waals surface area contributed by atoms with Crippen LogP contribution in [-0.2, 0) is 6.54 Å². The predicted molar refractivity (Wildman–Crippen MR) is 81.8 cm³/mol. The number of likely N-dealkylation sites (N-methyl/N-ethyl adjacent to an activating group) is 1. The van der Waals surface area contributed by atoms with Crippen LogP contribution < -0.4 is 10.1 Å². The fraction of sp³-hybridized carbons (Fsp3) is 0.562. The summed E-state index contributed by atoms with van der Waals surface area (Å²) in [5.41, 5.74) is 1.69. The summed E-state index contributed by atoms with van der Waals surface area (Å²) in [5, 5.41) is 12.5. The van der Waals surface area contributed by atoms with Gasteiger partial charge in [0.05, 0.1) is 12.7 Å². The molecule has 1 N–H and O–H groups in total. The lowest BCUT2D eigenvalue weighted by atomic mass is 10.1. The molecule has 4 heteroatoms. The van der Waals surface area contributed by atoms with Crippen LogP contribution in [0.2, 0.25) is 0 Å². The molecule has 0 fully saturated rings. The van der Waals surface area contributed by atoms with E-state index < -0.39 is 0 Å². The van der Waals surface area contributed by atoms with Gasteiger partial charge in [-0.05, 0) is 38.1 Å². The Balaban J connectivity index is 2.41. The maximum absolute atomic E-state index is 9.05. The van der Waals surface area contributed by atoms with Crippen LogP contribution in [0.1, 0.15) is 31.4 Å². The molecule has 1 rings (SSSR count). The zero-order valence-electron chi connectivity index (χ0n) is 12.9. The second kappa shape index (κ2) is 8.57. The van der Waals surface area contributed by atoms with E-state index in [1.165, 1.54) is 6.42 Å². The van der Waals surface area contributed by atoms with Gasteiger partial charge in [-0.3, -0.25) is 0 Å². The van der Waals surface area contributed by atoms with E-state index in [0.29, 0.717) is 17.4 Å². The summed E-state index contributed by atoms with van der Waals surface area (Å²) in [6, 6.07) is 8.49. The smallest absolute Gasteiger partial charge is 0.136 e. The molecule has 0 aliphatic rings. The Morgan fingerprint density at radius 3 is 2.80 bits per heavy atom. The highest BCUT2D eigenvalue weighted by molar-refractivity contribution is 5.45. The molecular formula is C16H25N3O. The molecule has 0 aliphatic carbocycles. The Hall–Kier alpha value is -1.57. The van der Waals surface area contributed by atoms with Gasteiger partial charge in [0, 0.05) is 25.7 Å². The average molecular weight is 275 g/mol. The molecule has 0 aliphatic heterocycles. The van der Waals surface area contributed by atoms with E-state index in [1.807, 2.05) is 18.2 Å². The van der Waals surface area contributed by atoms with E-state index >= 15 is 0 Å². The molecular weight excluding hydrogens is 250 g/mol. The number of rotatable bonds is 8. The van der Waals surface area contributed by atoms with Crippen molar-refractivity contribution < 1.29 is 4.74 Å². The molecule has 1 aromatic rings. The molecule has 20 heavy (non-hydrogen) atoms. The Bertz CT molecular complexity index is 454. The summed E-state index contributed by atoms with van der Waals surface area (Å²) in [5.74, 6) is 0.632. The summed E-state index contributed by atoms with van der Waals surface area (Å²) in [6.07, 6.45) is 1.17. The minimum atomic E-state index is 0.587. The molecule has 0 aromatic heterocycles. The molecule has 0 heterocycles. The molecule has 0 spiro atoms. The van der Waals surface area contributed by atoms with Crippen molar-refractivity contribution in [2.45, 2.75) is 32.9 Å². The lowest BCUT2D eigenvalue weighted by Crippen LogP contribution is -2.34. The number of benzene rings is 1. The Labute approximate surface area is 122 Å². The van der Waals surface area contributed by atoms with Gasteiger partial charge < -0.3 is 15.0 Å². The van der Waals surface area contributed by atoms with Crippen LogP contribution >= 0.6 is 0 Å². The Morgan fingerprint density at radius 1 is 1.45 bits per heavy atom. The highest BCUT2D eigenvalue weighted by atomic mass is 16.5. The summed E-state index contributed by atoms with van der Waals surface area (Å²) >= 11 is 0. The first kappa shape index (κ1) is 16.5. The lowest BCUT2D eigenvalue weighted by Gasteiger charge is -2.23. The molecule has 110 valence electrons. The maximum atomic E-state index is 9.05. The minimum absolute atomic E-state index is 0.587. The van der Waals surface area contributed by atoms with Crippen molar-refractivity contribution in [1.82, 2.24) is 10.2 Å². The maximum Gasteiger partial charge on any atom is 0.136 e. The average Bonchev–Trinajstić information content (AvgIpc) is 2.50. The molecule has 0 radical (unpaired) electrons. The topological polar surface area (TPSA) is 48.3 Å². The molecule has 0 bridgehead atoms. The van der Waals surface area contributed by atoms with Gasteiger partial charge in [-0.15, -0.1) is 0 Å². The largest absolute Gasteiger partial charge is 0.495 e. The van der Waals surface area contributed by atoms with Crippen molar-refractivity contribution in [1.29, 1.82) is 5.26 Å². The van der Waals surface area contributed by atoms with Gasteiger partial charge in [0.1, 0.15) is 11.8 Å². The van der Waals surface area contributed by atoms with Crippen molar-refractivity contribution in [2.24, 2.45) is 0 Å². The van der Waals surface area contributed by atoms with E-state index in [1.54, 1.807) is 7.11 Å². The van der Waals surface area contributed by atoms with Crippen molar-refractivity contribution in [2.75, 3.05) is 27.2 Å². The second-order valence-corrected chi connectivity index (χ2v) is 5.06. The van der Waals surface area contributed by atoms with Gasteiger partial charge in [-0.1, -0.05) is 13.0 Å². The molecule has 1 atom stereocenters. The third-order valence-corrected chi connectivity index (χ3v) is 3.70. The van der Waals surface area contributed by atoms with Crippen molar-refractivity contribution in [3.8, 4) is 11.8 Å². The molecule has 0 saturated carbocycles. The molecule has 0 amide bonds. The first-order chi connectivity index (χ1) is 9.62. The van der Waals surface area contributed by atoms with Gasteiger partial charge in [0.2, 0.25) is 0 Å². The van der Waals surface area contributed by atoms with E-state index in [-0.39, 0.29) is 0 Å². The van der Waals surface area contributed by atoms with Crippen molar-refractivity contribution >= 4 is 0 Å². The first-order valence-corrected chi connectivity index (χ1v) is 7.10. The van der Waals surface area contributed by atoms with E-state index in [4.69, 9.17) is 10.00 Å². The lowest BCUT2D eigenvalue weighted by molar-refractivity contribution is 0.251. The minimum Gasteiger partial charge on any atom is -0.495 e. The van der Waals surface area contributed by atoms with Gasteiger partial charge in [0.15, 0.2) is 0 Å². The number of ether oxygens (including phenoxy) is 1. The van der Waals surface area contributed by atoms with Gasteiger partial charge in [0.25, 0.3) is 0 Å². The highest BCUT2D eigenvalue weighted by Gasteiger charge is 2.06. The summed E-state index contributed by atoms with van der Waals surface area (Å²) in [4.78, 5) is 2.35. The number of nitrogens with one attached hydrogen (secondary N) is 1. The van der Waals surface area contributed by atoms with E-state index in [2.05, 4.69) is 37.2 Å². The number of nitrogens with zero attached hydrogens (tertiary/aromatic N) is 2. The van der Waals surface area contributed by atoms with Crippen molar-refractivity contribution in [3.63, 3.8) is 0 Å². The summed E-state index contributed by atoms with van der Waals surface area (Å²) in [7, 11) is 3.73. The quantitative estimate of drug-likeness (QED) is 0.740. The highest BCUT2D eigenvalue weighted by Crippen LogP contribution is 2.18. The van der Waals surface area contributed by atoms with Gasteiger partial charge >= 0.3 is 0 Å². The van der Waals surface area contributed by atoms with Crippen molar-refractivity contribution in [3.05, 3.63) is 29.3 Å². The van der Waals surface area contributed by atoms with Gasteiger partial charge in [-0.25, -0.2) is 0 Å². The SMILES string of the molecule is CCC(C)N(C)CCNCc1ccc(OC)c(C#N)c1. The number of hydrogen-bond donors (Lipinski definition) is 1. The molecule has 4 nitrogen and oxygen atoms in total. The number of hydrogen-bond acceptors (Lipinski definition) is 4. The standard InChI is InChI=1S/C16H25N3O/c1-5-13(2)19(3)9-8-18-12-14-6-7-16(20-4)15(10-14)11-17/h6-7,10,13,18H,5,8-9,12H2,1-4H3. The van der Waals surface area contributed by atoms with Crippen LogP contribution in [0.4, 0.5) is 0 Å². The second-order valence-electron chi connectivity index (χ2n) is 5.06.